The fourth-order valence-electron chi connectivity index (χ4n) is 2.66. The first-order chi connectivity index (χ1) is 9.79. The number of unbranched alkanes of at least 4 members (excludes halogenated alkanes) is 5. The number of likely N-dealkylation sites (N-methyl/N-ethyl adjacent to an activating group) is 1. The Labute approximate surface area is 130 Å². The van der Waals surface area contributed by atoms with E-state index in [9.17, 15) is 0 Å². The standard InChI is InChI=1S/C18H30ClN/c1-3-5-6-7-8-9-12-16(15-20-4-2)17-13-10-11-14-18(17)19/h10-11,13-14,16,20H,3-9,12,15H2,1-2H3. The van der Waals surface area contributed by atoms with E-state index in [1.54, 1.807) is 0 Å². The quantitative estimate of drug-likeness (QED) is 0.510. The molecule has 1 nitrogen and oxygen atoms in total. The van der Waals surface area contributed by atoms with Crippen molar-refractivity contribution < 1.29 is 0 Å². The summed E-state index contributed by atoms with van der Waals surface area (Å²) in [7, 11) is 0. The van der Waals surface area contributed by atoms with Gasteiger partial charge in [-0.3, -0.25) is 0 Å². The largest absolute Gasteiger partial charge is 0.316 e. The van der Waals surface area contributed by atoms with Crippen LogP contribution >= 0.6 is 11.6 Å². The van der Waals surface area contributed by atoms with E-state index in [4.69, 9.17) is 11.6 Å². The fourth-order valence-corrected chi connectivity index (χ4v) is 2.95. The number of benzene rings is 1. The van der Waals surface area contributed by atoms with Gasteiger partial charge in [0.25, 0.3) is 0 Å². The normalized spacial score (nSPS) is 12.6. The number of hydrogen-bond acceptors (Lipinski definition) is 1. The number of hydrogen-bond donors (Lipinski definition) is 1. The van der Waals surface area contributed by atoms with Crippen LogP contribution in [0.1, 0.15) is 70.3 Å². The van der Waals surface area contributed by atoms with Gasteiger partial charge in [-0.05, 0) is 30.5 Å². The van der Waals surface area contributed by atoms with Gasteiger partial charge < -0.3 is 5.32 Å². The van der Waals surface area contributed by atoms with Crippen molar-refractivity contribution in [2.24, 2.45) is 0 Å². The van der Waals surface area contributed by atoms with Gasteiger partial charge in [-0.2, -0.15) is 0 Å². The van der Waals surface area contributed by atoms with Gasteiger partial charge in [0.1, 0.15) is 0 Å². The molecule has 1 aromatic carbocycles. The molecule has 1 aromatic rings. The third-order valence-electron chi connectivity index (χ3n) is 3.89. The maximum absolute atomic E-state index is 6.35. The van der Waals surface area contributed by atoms with Gasteiger partial charge in [-0.15, -0.1) is 0 Å². The minimum absolute atomic E-state index is 0.551. The second kappa shape index (κ2) is 11.2. The summed E-state index contributed by atoms with van der Waals surface area (Å²) in [6.45, 7) is 6.49. The highest BCUT2D eigenvalue weighted by molar-refractivity contribution is 6.31. The van der Waals surface area contributed by atoms with Crippen molar-refractivity contribution in [3.63, 3.8) is 0 Å². The summed E-state index contributed by atoms with van der Waals surface area (Å²) in [5.41, 5.74) is 1.31. The van der Waals surface area contributed by atoms with Crippen molar-refractivity contribution in [3.8, 4) is 0 Å². The van der Waals surface area contributed by atoms with Gasteiger partial charge in [0.15, 0.2) is 0 Å². The topological polar surface area (TPSA) is 12.0 Å². The zero-order valence-corrected chi connectivity index (χ0v) is 13.9. The van der Waals surface area contributed by atoms with E-state index in [-0.39, 0.29) is 0 Å². The molecule has 0 radical (unpaired) electrons. The van der Waals surface area contributed by atoms with E-state index in [0.29, 0.717) is 5.92 Å². The Morgan fingerprint density at radius 2 is 1.70 bits per heavy atom. The Kier molecular flexibility index (Phi) is 9.78. The van der Waals surface area contributed by atoms with Crippen LogP contribution < -0.4 is 5.32 Å². The SMILES string of the molecule is CCCCCCCCC(CNCC)c1ccccc1Cl. The monoisotopic (exact) mass is 295 g/mol. The summed E-state index contributed by atoms with van der Waals surface area (Å²) < 4.78 is 0. The second-order valence-electron chi connectivity index (χ2n) is 5.58. The molecule has 0 aromatic heterocycles. The number of rotatable bonds is 11. The summed E-state index contributed by atoms with van der Waals surface area (Å²) in [5.74, 6) is 0.551. The van der Waals surface area contributed by atoms with Crippen LogP contribution in [0.4, 0.5) is 0 Å². The van der Waals surface area contributed by atoms with Crippen molar-refractivity contribution in [2.75, 3.05) is 13.1 Å². The highest BCUT2D eigenvalue weighted by atomic mass is 35.5. The van der Waals surface area contributed by atoms with Crippen LogP contribution in [-0.4, -0.2) is 13.1 Å². The molecule has 0 spiro atoms. The van der Waals surface area contributed by atoms with E-state index < -0.39 is 0 Å². The number of nitrogens with one attached hydrogen (secondary N) is 1. The summed E-state index contributed by atoms with van der Waals surface area (Å²) in [6.07, 6.45) is 9.37. The molecule has 0 heterocycles. The molecule has 0 bridgehead atoms. The first kappa shape index (κ1) is 17.5. The maximum Gasteiger partial charge on any atom is 0.0441 e. The molecule has 0 saturated heterocycles. The van der Waals surface area contributed by atoms with E-state index in [1.807, 2.05) is 12.1 Å². The zero-order valence-electron chi connectivity index (χ0n) is 13.1. The Morgan fingerprint density at radius 3 is 2.40 bits per heavy atom. The van der Waals surface area contributed by atoms with Gasteiger partial charge in [0, 0.05) is 11.6 Å². The highest BCUT2D eigenvalue weighted by Gasteiger charge is 2.13. The van der Waals surface area contributed by atoms with Gasteiger partial charge >= 0.3 is 0 Å². The Hall–Kier alpha value is -0.530. The van der Waals surface area contributed by atoms with Gasteiger partial charge in [-0.25, -0.2) is 0 Å². The summed E-state index contributed by atoms with van der Waals surface area (Å²) in [6, 6.07) is 8.31. The predicted octanol–water partition coefficient (Wildman–Crippen LogP) is 5.78. The van der Waals surface area contributed by atoms with E-state index in [2.05, 4.69) is 31.3 Å². The van der Waals surface area contributed by atoms with Gasteiger partial charge in [0.2, 0.25) is 0 Å². The van der Waals surface area contributed by atoms with Crippen LogP contribution in [0.5, 0.6) is 0 Å². The van der Waals surface area contributed by atoms with Crippen molar-refractivity contribution in [1.82, 2.24) is 5.32 Å². The Morgan fingerprint density at radius 1 is 1.00 bits per heavy atom. The minimum Gasteiger partial charge on any atom is -0.316 e. The van der Waals surface area contributed by atoms with E-state index >= 15 is 0 Å². The van der Waals surface area contributed by atoms with E-state index in [1.165, 1.54) is 50.5 Å². The van der Waals surface area contributed by atoms with Crippen LogP contribution in [0.25, 0.3) is 0 Å². The van der Waals surface area contributed by atoms with Crippen molar-refractivity contribution in [3.05, 3.63) is 34.9 Å². The number of halogens is 1. The average molecular weight is 296 g/mol. The van der Waals surface area contributed by atoms with Crippen LogP contribution in [0.3, 0.4) is 0 Å². The Bertz CT molecular complexity index is 351. The Balaban J connectivity index is 2.42. The molecule has 0 saturated carbocycles. The predicted molar refractivity (Wildman–Crippen MR) is 90.7 cm³/mol. The van der Waals surface area contributed by atoms with Crippen molar-refractivity contribution in [2.45, 2.75) is 64.7 Å². The molecule has 114 valence electrons. The molecular formula is C18H30ClN. The molecular weight excluding hydrogens is 266 g/mol. The molecule has 20 heavy (non-hydrogen) atoms. The van der Waals surface area contributed by atoms with Crippen molar-refractivity contribution >= 4 is 11.6 Å². The van der Waals surface area contributed by atoms with E-state index in [0.717, 1.165) is 18.1 Å². The molecule has 1 rings (SSSR count). The first-order valence-electron chi connectivity index (χ1n) is 8.24. The van der Waals surface area contributed by atoms with Gasteiger partial charge in [0.05, 0.1) is 0 Å². The minimum atomic E-state index is 0.551. The molecule has 2 heteroatoms. The third-order valence-corrected chi connectivity index (χ3v) is 4.24. The second-order valence-corrected chi connectivity index (χ2v) is 5.99. The molecule has 0 fully saturated rings. The van der Waals surface area contributed by atoms with Gasteiger partial charge in [-0.1, -0.05) is 82.2 Å². The molecule has 1 N–H and O–H groups in total. The van der Waals surface area contributed by atoms with Crippen LogP contribution in [-0.2, 0) is 0 Å². The maximum atomic E-state index is 6.35. The summed E-state index contributed by atoms with van der Waals surface area (Å²) in [4.78, 5) is 0. The fraction of sp³-hybridized carbons (Fsp3) is 0.667. The lowest BCUT2D eigenvalue weighted by Crippen LogP contribution is -2.21. The third kappa shape index (κ3) is 6.76. The van der Waals surface area contributed by atoms with Crippen LogP contribution in [0, 0.1) is 0 Å². The zero-order chi connectivity index (χ0) is 14.6. The first-order valence-corrected chi connectivity index (χ1v) is 8.62. The lowest BCUT2D eigenvalue weighted by Gasteiger charge is -2.19. The highest BCUT2D eigenvalue weighted by Crippen LogP contribution is 2.28. The van der Waals surface area contributed by atoms with Crippen LogP contribution in [0.2, 0.25) is 5.02 Å². The molecule has 0 aliphatic carbocycles. The van der Waals surface area contributed by atoms with Crippen molar-refractivity contribution in [1.29, 1.82) is 0 Å². The lowest BCUT2D eigenvalue weighted by atomic mass is 9.92. The molecule has 1 unspecified atom stereocenters. The average Bonchev–Trinajstić information content (AvgIpc) is 2.47. The smallest absolute Gasteiger partial charge is 0.0441 e. The summed E-state index contributed by atoms with van der Waals surface area (Å²) in [5, 5.41) is 4.39. The lowest BCUT2D eigenvalue weighted by molar-refractivity contribution is 0.512. The molecule has 0 aliphatic rings. The molecule has 1 atom stereocenters. The molecule has 0 amide bonds. The van der Waals surface area contributed by atoms with Crippen LogP contribution in [0.15, 0.2) is 24.3 Å². The molecule has 0 aliphatic heterocycles. The summed E-state index contributed by atoms with van der Waals surface area (Å²) >= 11 is 6.35.